The molecule has 2 aromatic heterocycles. The summed E-state index contributed by atoms with van der Waals surface area (Å²) >= 11 is 0. The first-order valence-electron chi connectivity index (χ1n) is 8.20. The topological polar surface area (TPSA) is 109 Å². The first-order chi connectivity index (χ1) is 12.5. The number of amides is 2. The Morgan fingerprint density at radius 3 is 2.85 bits per heavy atom. The number of fused-ring (bicyclic) bond motifs is 1. The van der Waals surface area contributed by atoms with Crippen LogP contribution < -0.4 is 16.1 Å². The number of rotatable bonds is 6. The van der Waals surface area contributed by atoms with Crippen molar-refractivity contribution in [3.63, 3.8) is 0 Å². The number of aromatic amines is 1. The second-order valence-corrected chi connectivity index (χ2v) is 5.96. The van der Waals surface area contributed by atoms with Crippen LogP contribution in [0.25, 0.3) is 10.9 Å². The summed E-state index contributed by atoms with van der Waals surface area (Å²) in [6.07, 6.45) is 4.82. The highest BCUT2D eigenvalue weighted by atomic mass is 16.2. The van der Waals surface area contributed by atoms with Crippen LogP contribution in [-0.2, 0) is 11.3 Å². The first kappa shape index (κ1) is 17.4. The highest BCUT2D eigenvalue weighted by Crippen LogP contribution is 2.06. The number of hydrogen-bond donors (Lipinski definition) is 3. The Kier molecular flexibility index (Phi) is 5.12. The van der Waals surface area contributed by atoms with Gasteiger partial charge in [-0.1, -0.05) is 12.1 Å². The Morgan fingerprint density at radius 1 is 1.27 bits per heavy atom. The highest BCUT2D eigenvalue weighted by molar-refractivity contribution is 5.98. The van der Waals surface area contributed by atoms with Gasteiger partial charge >= 0.3 is 0 Å². The highest BCUT2D eigenvalue weighted by Gasteiger charge is 2.14. The van der Waals surface area contributed by atoms with Crippen LogP contribution >= 0.6 is 0 Å². The van der Waals surface area contributed by atoms with Crippen LogP contribution in [0.5, 0.6) is 0 Å². The van der Waals surface area contributed by atoms with E-state index < -0.39 is 5.91 Å². The second-order valence-electron chi connectivity index (χ2n) is 5.96. The second kappa shape index (κ2) is 7.64. The lowest BCUT2D eigenvalue weighted by atomic mass is 10.1. The minimum absolute atomic E-state index is 0.0268. The van der Waals surface area contributed by atoms with E-state index in [0.29, 0.717) is 17.4 Å². The number of hydrogen-bond acceptors (Lipinski definition) is 4. The van der Waals surface area contributed by atoms with Gasteiger partial charge in [-0.2, -0.15) is 5.10 Å². The maximum absolute atomic E-state index is 12.4. The van der Waals surface area contributed by atoms with E-state index in [1.165, 1.54) is 6.20 Å². The number of pyridine rings is 1. The quantitative estimate of drug-likeness (QED) is 0.605. The zero-order chi connectivity index (χ0) is 18.5. The lowest BCUT2D eigenvalue weighted by Crippen LogP contribution is -2.43. The lowest BCUT2D eigenvalue weighted by Gasteiger charge is -2.14. The summed E-state index contributed by atoms with van der Waals surface area (Å²) in [7, 11) is 0. The zero-order valence-corrected chi connectivity index (χ0v) is 14.2. The van der Waals surface area contributed by atoms with Gasteiger partial charge in [0, 0.05) is 35.5 Å². The normalized spacial score (nSPS) is 11.9. The molecule has 26 heavy (non-hydrogen) atoms. The third kappa shape index (κ3) is 3.97. The third-order valence-electron chi connectivity index (χ3n) is 3.87. The number of H-pyrrole nitrogens is 1. The molecule has 0 aliphatic rings. The predicted molar refractivity (Wildman–Crippen MR) is 96.7 cm³/mol. The van der Waals surface area contributed by atoms with E-state index in [2.05, 4.69) is 20.7 Å². The van der Waals surface area contributed by atoms with Crippen molar-refractivity contribution in [3.05, 3.63) is 64.7 Å². The van der Waals surface area contributed by atoms with E-state index in [0.717, 1.165) is 0 Å². The Labute approximate surface area is 149 Å². The Balaban J connectivity index is 1.57. The fraction of sp³-hybridized carbons (Fsp3) is 0.222. The van der Waals surface area contributed by atoms with E-state index in [4.69, 9.17) is 0 Å². The molecule has 0 radical (unpaired) electrons. The summed E-state index contributed by atoms with van der Waals surface area (Å²) in [5, 5.41) is 9.74. The van der Waals surface area contributed by atoms with Crippen LogP contribution in [0.2, 0.25) is 0 Å². The largest absolute Gasteiger partial charge is 0.360 e. The lowest BCUT2D eigenvalue weighted by molar-refractivity contribution is -0.120. The molecule has 3 N–H and O–H groups in total. The van der Waals surface area contributed by atoms with Crippen LogP contribution in [0.15, 0.2) is 53.7 Å². The minimum Gasteiger partial charge on any atom is -0.360 e. The molecule has 0 aliphatic heterocycles. The average Bonchev–Trinajstić information content (AvgIpc) is 3.13. The van der Waals surface area contributed by atoms with Crippen molar-refractivity contribution in [1.82, 2.24) is 25.4 Å². The molecule has 0 fully saturated rings. The monoisotopic (exact) mass is 353 g/mol. The molecule has 1 atom stereocenters. The summed E-state index contributed by atoms with van der Waals surface area (Å²) in [5.74, 6) is -0.929. The molecule has 3 aromatic rings. The van der Waals surface area contributed by atoms with Crippen molar-refractivity contribution in [3.8, 4) is 0 Å². The fourth-order valence-corrected chi connectivity index (χ4v) is 2.65. The van der Waals surface area contributed by atoms with Crippen LogP contribution in [0, 0.1) is 0 Å². The molecule has 134 valence electrons. The number of nitrogens with zero attached hydrogens (tertiary/aromatic N) is 2. The standard InChI is InChI=1S/C18H19N5O3/c1-12(11-23-8-4-7-21-23)22-16(24)10-20-18(26)14-9-19-15-6-3-2-5-13(15)17(14)25/h2-9,12H,10-11H2,1H3,(H,19,25)(H,20,26)(H,22,24). The number of nitrogens with one attached hydrogen (secondary N) is 3. The van der Waals surface area contributed by atoms with E-state index >= 15 is 0 Å². The molecule has 2 amide bonds. The van der Waals surface area contributed by atoms with Gasteiger partial charge in [0.1, 0.15) is 5.56 Å². The molecule has 2 heterocycles. The van der Waals surface area contributed by atoms with Gasteiger partial charge in [0.05, 0.1) is 13.1 Å². The summed E-state index contributed by atoms with van der Waals surface area (Å²) < 4.78 is 1.71. The van der Waals surface area contributed by atoms with Gasteiger partial charge in [-0.05, 0) is 25.1 Å². The van der Waals surface area contributed by atoms with Gasteiger partial charge in [-0.3, -0.25) is 19.1 Å². The average molecular weight is 353 g/mol. The van der Waals surface area contributed by atoms with Crippen molar-refractivity contribution in [1.29, 1.82) is 0 Å². The smallest absolute Gasteiger partial charge is 0.257 e. The Morgan fingerprint density at radius 2 is 2.08 bits per heavy atom. The zero-order valence-electron chi connectivity index (χ0n) is 14.2. The SMILES string of the molecule is CC(Cn1cccn1)NC(=O)CNC(=O)c1c[nH]c2ccccc2c1=O. The fourth-order valence-electron chi connectivity index (χ4n) is 2.65. The van der Waals surface area contributed by atoms with E-state index in [-0.39, 0.29) is 29.5 Å². The molecule has 1 unspecified atom stereocenters. The molecule has 1 aromatic carbocycles. The maximum atomic E-state index is 12.4. The molecule has 0 aliphatic carbocycles. The molecule has 0 saturated heterocycles. The van der Waals surface area contributed by atoms with Gasteiger partial charge in [0.2, 0.25) is 11.3 Å². The summed E-state index contributed by atoms with van der Waals surface area (Å²) in [5.41, 5.74) is 0.254. The van der Waals surface area contributed by atoms with Crippen LogP contribution in [0.4, 0.5) is 0 Å². The Hall–Kier alpha value is -3.42. The van der Waals surface area contributed by atoms with Crippen LogP contribution in [0.3, 0.4) is 0 Å². The van der Waals surface area contributed by atoms with Crippen molar-refractivity contribution >= 4 is 22.7 Å². The predicted octanol–water partition coefficient (Wildman–Crippen LogP) is 0.659. The van der Waals surface area contributed by atoms with E-state index in [1.54, 1.807) is 47.4 Å². The van der Waals surface area contributed by atoms with Gasteiger partial charge in [0.25, 0.3) is 5.91 Å². The van der Waals surface area contributed by atoms with E-state index in [9.17, 15) is 14.4 Å². The molecule has 0 bridgehead atoms. The number of carbonyl (C=O) groups excluding carboxylic acids is 2. The molecule has 0 spiro atoms. The minimum atomic E-state index is -0.591. The van der Waals surface area contributed by atoms with Crippen molar-refractivity contribution < 1.29 is 9.59 Å². The van der Waals surface area contributed by atoms with Gasteiger partial charge in [-0.15, -0.1) is 0 Å². The summed E-state index contributed by atoms with van der Waals surface area (Å²) in [4.78, 5) is 39.5. The van der Waals surface area contributed by atoms with Crippen molar-refractivity contribution in [2.75, 3.05) is 6.54 Å². The number of benzene rings is 1. The molecule has 3 rings (SSSR count). The van der Waals surface area contributed by atoms with Gasteiger partial charge in [-0.25, -0.2) is 0 Å². The van der Waals surface area contributed by atoms with Crippen LogP contribution in [0.1, 0.15) is 17.3 Å². The van der Waals surface area contributed by atoms with Crippen molar-refractivity contribution in [2.24, 2.45) is 0 Å². The molecular weight excluding hydrogens is 334 g/mol. The van der Waals surface area contributed by atoms with E-state index in [1.807, 2.05) is 6.92 Å². The summed E-state index contributed by atoms with van der Waals surface area (Å²) in [6.45, 7) is 2.15. The molecule has 8 nitrogen and oxygen atoms in total. The number of aromatic nitrogens is 3. The van der Waals surface area contributed by atoms with Crippen LogP contribution in [-0.4, -0.2) is 39.2 Å². The number of carbonyl (C=O) groups is 2. The van der Waals surface area contributed by atoms with Gasteiger partial charge < -0.3 is 15.6 Å². The third-order valence-corrected chi connectivity index (χ3v) is 3.87. The van der Waals surface area contributed by atoms with Gasteiger partial charge in [0.15, 0.2) is 0 Å². The summed E-state index contributed by atoms with van der Waals surface area (Å²) in [6, 6.07) is 8.58. The first-order valence-corrected chi connectivity index (χ1v) is 8.20. The number of para-hydroxylation sites is 1. The molecule has 8 heteroatoms. The van der Waals surface area contributed by atoms with Crippen molar-refractivity contribution in [2.45, 2.75) is 19.5 Å². The Bertz CT molecular complexity index is 978. The molecule has 0 saturated carbocycles. The maximum Gasteiger partial charge on any atom is 0.257 e. The molecular formula is C18H19N5O3.